The van der Waals surface area contributed by atoms with E-state index in [9.17, 15) is 9.59 Å². The van der Waals surface area contributed by atoms with E-state index in [1.54, 1.807) is 0 Å². The summed E-state index contributed by atoms with van der Waals surface area (Å²) in [5.41, 5.74) is 1.08. The first-order valence-electron chi connectivity index (χ1n) is 11.0. The quantitative estimate of drug-likeness (QED) is 0.812. The summed E-state index contributed by atoms with van der Waals surface area (Å²) < 4.78 is 0. The molecule has 2 N–H and O–H groups in total. The number of anilines is 1. The molecule has 8 heteroatoms. The Bertz CT molecular complexity index is 711. The molecule has 0 bridgehead atoms. The van der Waals surface area contributed by atoms with E-state index in [4.69, 9.17) is 0 Å². The Morgan fingerprint density at radius 3 is 2.55 bits per heavy atom. The summed E-state index contributed by atoms with van der Waals surface area (Å²) in [5, 5.41) is 5.91. The molecule has 0 atom stereocenters. The van der Waals surface area contributed by atoms with Gasteiger partial charge in [-0.25, -0.2) is 14.6 Å². The molecule has 0 saturated carbocycles. The SMILES string of the molecule is O=C(NCc1ccnc(N2CCCCCC2)c1)N1CCC(N2CCNC2=O)CC1. The van der Waals surface area contributed by atoms with Gasteiger partial charge in [0.15, 0.2) is 0 Å². The van der Waals surface area contributed by atoms with Gasteiger partial charge in [0.25, 0.3) is 0 Å². The lowest BCUT2D eigenvalue weighted by Gasteiger charge is -2.36. The minimum Gasteiger partial charge on any atom is -0.357 e. The maximum Gasteiger partial charge on any atom is 0.317 e. The summed E-state index contributed by atoms with van der Waals surface area (Å²) in [6.45, 7) is 5.52. The fraction of sp³-hybridized carbons (Fsp3) is 0.667. The highest BCUT2D eigenvalue weighted by molar-refractivity contribution is 5.77. The molecule has 3 aliphatic heterocycles. The van der Waals surface area contributed by atoms with Crippen LogP contribution in [0.2, 0.25) is 0 Å². The molecule has 29 heavy (non-hydrogen) atoms. The van der Waals surface area contributed by atoms with E-state index in [-0.39, 0.29) is 18.1 Å². The smallest absolute Gasteiger partial charge is 0.317 e. The van der Waals surface area contributed by atoms with Crippen molar-refractivity contribution in [3.8, 4) is 0 Å². The monoisotopic (exact) mass is 400 g/mol. The van der Waals surface area contributed by atoms with E-state index in [1.165, 1.54) is 25.7 Å². The minimum absolute atomic E-state index is 0.0255. The van der Waals surface area contributed by atoms with Gasteiger partial charge in [0.05, 0.1) is 0 Å². The van der Waals surface area contributed by atoms with Gasteiger partial charge in [-0.05, 0) is 43.4 Å². The fourth-order valence-electron chi connectivity index (χ4n) is 4.55. The third-order valence-electron chi connectivity index (χ3n) is 6.27. The summed E-state index contributed by atoms with van der Waals surface area (Å²) in [5.74, 6) is 1.02. The summed E-state index contributed by atoms with van der Waals surface area (Å²) in [6.07, 6.45) is 8.56. The molecule has 3 fully saturated rings. The number of aromatic nitrogens is 1. The van der Waals surface area contributed by atoms with Crippen LogP contribution < -0.4 is 15.5 Å². The van der Waals surface area contributed by atoms with Crippen molar-refractivity contribution >= 4 is 17.9 Å². The van der Waals surface area contributed by atoms with E-state index < -0.39 is 0 Å². The molecule has 1 aromatic heterocycles. The number of likely N-dealkylation sites (tertiary alicyclic amines) is 1. The minimum atomic E-state index is -0.0255. The lowest BCUT2D eigenvalue weighted by atomic mass is 10.0. The average molecular weight is 401 g/mol. The summed E-state index contributed by atoms with van der Waals surface area (Å²) >= 11 is 0. The third-order valence-corrected chi connectivity index (χ3v) is 6.27. The second-order valence-electron chi connectivity index (χ2n) is 8.23. The zero-order valence-corrected chi connectivity index (χ0v) is 17.1. The van der Waals surface area contributed by atoms with Crippen molar-refractivity contribution in [2.75, 3.05) is 44.2 Å². The number of carbonyl (C=O) groups excluding carboxylic acids is 2. The Morgan fingerprint density at radius 1 is 1.10 bits per heavy atom. The van der Waals surface area contributed by atoms with E-state index in [0.717, 1.165) is 50.4 Å². The van der Waals surface area contributed by atoms with Crippen LogP contribution in [0.4, 0.5) is 15.4 Å². The Morgan fingerprint density at radius 2 is 1.86 bits per heavy atom. The Kier molecular flexibility index (Phi) is 6.36. The average Bonchev–Trinajstić information content (AvgIpc) is 3.01. The molecule has 0 radical (unpaired) electrons. The van der Waals surface area contributed by atoms with Crippen LogP contribution in [0, 0.1) is 0 Å². The fourth-order valence-corrected chi connectivity index (χ4v) is 4.55. The van der Waals surface area contributed by atoms with E-state index >= 15 is 0 Å². The molecule has 158 valence electrons. The molecular weight excluding hydrogens is 368 g/mol. The maximum atomic E-state index is 12.6. The van der Waals surface area contributed by atoms with Gasteiger partial charge in [-0.2, -0.15) is 0 Å². The van der Waals surface area contributed by atoms with Gasteiger partial charge in [-0.15, -0.1) is 0 Å². The zero-order valence-electron chi connectivity index (χ0n) is 17.1. The number of rotatable bonds is 4. The Labute approximate surface area is 172 Å². The van der Waals surface area contributed by atoms with E-state index in [2.05, 4.69) is 26.6 Å². The summed E-state index contributed by atoms with van der Waals surface area (Å²) in [7, 11) is 0. The lowest BCUT2D eigenvalue weighted by molar-refractivity contribution is 0.141. The van der Waals surface area contributed by atoms with Crippen molar-refractivity contribution in [2.24, 2.45) is 0 Å². The topological polar surface area (TPSA) is 80.8 Å². The maximum absolute atomic E-state index is 12.6. The van der Waals surface area contributed by atoms with Gasteiger partial charge < -0.3 is 25.3 Å². The number of urea groups is 2. The number of pyridine rings is 1. The van der Waals surface area contributed by atoms with Crippen LogP contribution in [-0.2, 0) is 6.54 Å². The number of nitrogens with one attached hydrogen (secondary N) is 2. The van der Waals surface area contributed by atoms with Gasteiger partial charge in [0.1, 0.15) is 5.82 Å². The predicted octanol–water partition coefficient (Wildman–Crippen LogP) is 2.16. The van der Waals surface area contributed by atoms with Crippen LogP contribution >= 0.6 is 0 Å². The number of hydrogen-bond acceptors (Lipinski definition) is 4. The van der Waals surface area contributed by atoms with Crippen LogP contribution in [0.25, 0.3) is 0 Å². The molecule has 0 unspecified atom stereocenters. The number of amides is 4. The van der Waals surface area contributed by atoms with Crippen molar-refractivity contribution in [3.05, 3.63) is 23.9 Å². The van der Waals surface area contributed by atoms with Crippen molar-refractivity contribution in [1.82, 2.24) is 25.4 Å². The number of piperidine rings is 1. The Balaban J connectivity index is 1.25. The normalized spacial score (nSPS) is 21.1. The van der Waals surface area contributed by atoms with Gasteiger partial charge in [0.2, 0.25) is 0 Å². The molecule has 8 nitrogen and oxygen atoms in total. The van der Waals surface area contributed by atoms with Crippen molar-refractivity contribution in [2.45, 2.75) is 51.1 Å². The van der Waals surface area contributed by atoms with Gasteiger partial charge in [-0.3, -0.25) is 0 Å². The number of carbonyl (C=O) groups is 2. The van der Waals surface area contributed by atoms with Gasteiger partial charge in [0, 0.05) is 58.1 Å². The van der Waals surface area contributed by atoms with Crippen molar-refractivity contribution in [1.29, 1.82) is 0 Å². The molecule has 3 saturated heterocycles. The van der Waals surface area contributed by atoms with Gasteiger partial charge >= 0.3 is 12.1 Å². The van der Waals surface area contributed by atoms with E-state index in [1.807, 2.05) is 22.1 Å². The zero-order chi connectivity index (χ0) is 20.1. The summed E-state index contributed by atoms with van der Waals surface area (Å²) in [4.78, 5) is 35.1. The first-order valence-corrected chi connectivity index (χ1v) is 11.0. The molecule has 3 aliphatic rings. The molecule has 4 heterocycles. The Hall–Kier alpha value is -2.51. The molecule has 0 spiro atoms. The highest BCUT2D eigenvalue weighted by Crippen LogP contribution is 2.20. The van der Waals surface area contributed by atoms with Crippen LogP contribution in [-0.4, -0.2) is 72.2 Å². The van der Waals surface area contributed by atoms with Crippen molar-refractivity contribution in [3.63, 3.8) is 0 Å². The molecule has 1 aromatic rings. The molecule has 0 aromatic carbocycles. The van der Waals surface area contributed by atoms with E-state index in [0.29, 0.717) is 19.6 Å². The highest BCUT2D eigenvalue weighted by atomic mass is 16.2. The molecular formula is C21H32N6O2. The number of hydrogen-bond donors (Lipinski definition) is 2. The van der Waals surface area contributed by atoms with Crippen LogP contribution in [0.5, 0.6) is 0 Å². The largest absolute Gasteiger partial charge is 0.357 e. The first-order chi connectivity index (χ1) is 14.2. The number of nitrogens with zero attached hydrogens (tertiary/aromatic N) is 4. The first kappa shape index (κ1) is 19.8. The second-order valence-corrected chi connectivity index (χ2v) is 8.23. The standard InChI is InChI=1S/C21H32N6O2/c28-20(26-12-6-18(7-13-26)27-14-9-23-21(27)29)24-16-17-5-8-22-19(15-17)25-10-3-1-2-4-11-25/h5,8,15,18H,1-4,6-7,9-14,16H2,(H,23,29)(H,24,28). The molecule has 4 rings (SSSR count). The van der Waals surface area contributed by atoms with Crippen LogP contribution in [0.15, 0.2) is 18.3 Å². The second kappa shape index (κ2) is 9.33. The summed E-state index contributed by atoms with van der Waals surface area (Å²) in [6, 6.07) is 4.33. The predicted molar refractivity (Wildman–Crippen MR) is 112 cm³/mol. The van der Waals surface area contributed by atoms with Crippen LogP contribution in [0.3, 0.4) is 0 Å². The highest BCUT2D eigenvalue weighted by Gasteiger charge is 2.31. The lowest BCUT2D eigenvalue weighted by Crippen LogP contribution is -2.50. The van der Waals surface area contributed by atoms with Crippen LogP contribution in [0.1, 0.15) is 44.1 Å². The van der Waals surface area contributed by atoms with Crippen molar-refractivity contribution < 1.29 is 9.59 Å². The molecule has 0 aliphatic carbocycles. The third kappa shape index (κ3) is 4.92. The molecule has 4 amide bonds. The van der Waals surface area contributed by atoms with Gasteiger partial charge in [-0.1, -0.05) is 12.8 Å².